The maximum atomic E-state index is 12.4. The van der Waals surface area contributed by atoms with Crippen molar-refractivity contribution in [3.8, 4) is 0 Å². The summed E-state index contributed by atoms with van der Waals surface area (Å²) in [5, 5.41) is 0. The number of aryl methyl sites for hydroxylation is 1. The zero-order chi connectivity index (χ0) is 21.9. The van der Waals surface area contributed by atoms with Crippen molar-refractivity contribution < 1.29 is 8.60 Å². The van der Waals surface area contributed by atoms with Crippen LogP contribution in [0.5, 0.6) is 0 Å². The molecular weight excluding hydrogens is 403 g/mol. The Morgan fingerprint density at radius 3 is 2.40 bits per heavy atom. The summed E-state index contributed by atoms with van der Waals surface area (Å²) in [6.07, 6.45) is 5.82. The lowest BCUT2D eigenvalue weighted by Gasteiger charge is -2.26. The Hall–Kier alpha value is -2.06. The quantitative estimate of drug-likeness (QED) is 0.752. The van der Waals surface area contributed by atoms with Crippen LogP contribution in [0.2, 0.25) is 0 Å². The standard InChI is InChI=1S/C11H18N4O2S.C9H9F.C2H6/c12-3-1-2-9-8-13-11(16)10(14-9)15-4-6-18(17)7-5-15;10-9-5-3-8(4-6-9)7-1-2-7;1-2/h8H,1-7,12H2,(H,13,16);3-7H,1-2H2;1-2H3. The van der Waals surface area contributed by atoms with Crippen LogP contribution in [-0.4, -0.2) is 45.3 Å². The lowest BCUT2D eigenvalue weighted by Crippen LogP contribution is -2.41. The number of nitrogens with one attached hydrogen (secondary N) is 1. The Balaban J connectivity index is 0.000000224. The second kappa shape index (κ2) is 12.6. The molecule has 2 heterocycles. The first-order valence-electron chi connectivity index (χ1n) is 10.7. The van der Waals surface area contributed by atoms with E-state index in [0.717, 1.165) is 24.5 Å². The Kier molecular flexibility index (Phi) is 10.2. The number of nitrogens with two attached hydrogens (primary N) is 1. The van der Waals surface area contributed by atoms with Gasteiger partial charge in [-0.1, -0.05) is 26.0 Å². The van der Waals surface area contributed by atoms with Crippen molar-refractivity contribution in [1.82, 2.24) is 9.97 Å². The van der Waals surface area contributed by atoms with Gasteiger partial charge in [-0.25, -0.2) is 9.37 Å². The van der Waals surface area contributed by atoms with Crippen molar-refractivity contribution in [1.29, 1.82) is 0 Å². The fourth-order valence-electron chi connectivity index (χ4n) is 3.06. The largest absolute Gasteiger partial charge is 0.350 e. The van der Waals surface area contributed by atoms with E-state index in [0.29, 0.717) is 37.0 Å². The molecule has 1 aliphatic heterocycles. The Morgan fingerprint density at radius 1 is 1.20 bits per heavy atom. The molecule has 1 aromatic carbocycles. The molecule has 8 heteroatoms. The van der Waals surface area contributed by atoms with E-state index >= 15 is 0 Å². The molecule has 1 saturated carbocycles. The molecule has 1 aliphatic carbocycles. The van der Waals surface area contributed by atoms with E-state index in [2.05, 4.69) is 9.97 Å². The van der Waals surface area contributed by atoms with E-state index in [1.807, 2.05) is 30.9 Å². The molecular formula is C22H33FN4O2S. The van der Waals surface area contributed by atoms with Gasteiger partial charge in [0.25, 0.3) is 5.56 Å². The van der Waals surface area contributed by atoms with E-state index in [4.69, 9.17) is 5.73 Å². The van der Waals surface area contributed by atoms with Gasteiger partial charge in [-0.05, 0) is 55.8 Å². The zero-order valence-corrected chi connectivity index (χ0v) is 18.7. The summed E-state index contributed by atoms with van der Waals surface area (Å²) in [6.45, 7) is 5.87. The molecule has 0 amide bonds. The third kappa shape index (κ3) is 7.65. The van der Waals surface area contributed by atoms with Gasteiger partial charge in [-0.15, -0.1) is 0 Å². The number of aromatic nitrogens is 2. The van der Waals surface area contributed by atoms with Gasteiger partial charge in [0, 0.05) is 41.6 Å². The number of benzene rings is 1. The Bertz CT molecular complexity index is 843. The van der Waals surface area contributed by atoms with E-state index in [1.165, 1.54) is 30.5 Å². The maximum Gasteiger partial charge on any atom is 0.290 e. The van der Waals surface area contributed by atoms with E-state index in [9.17, 15) is 13.4 Å². The summed E-state index contributed by atoms with van der Waals surface area (Å²) < 4.78 is 23.7. The van der Waals surface area contributed by atoms with Crippen molar-refractivity contribution in [2.45, 2.75) is 45.4 Å². The van der Waals surface area contributed by atoms with Crippen LogP contribution in [0, 0.1) is 5.82 Å². The van der Waals surface area contributed by atoms with Crippen molar-refractivity contribution in [2.24, 2.45) is 5.73 Å². The van der Waals surface area contributed by atoms with Crippen molar-refractivity contribution >= 4 is 16.6 Å². The summed E-state index contributed by atoms with van der Waals surface area (Å²) >= 11 is 0. The predicted octanol–water partition coefficient (Wildman–Crippen LogP) is 2.96. The van der Waals surface area contributed by atoms with Crippen molar-refractivity contribution in [2.75, 3.05) is 36.0 Å². The summed E-state index contributed by atoms with van der Waals surface area (Å²) in [6, 6.07) is 6.83. The van der Waals surface area contributed by atoms with Gasteiger partial charge in [0.15, 0.2) is 5.82 Å². The third-order valence-corrected chi connectivity index (χ3v) is 6.13. The number of halogens is 1. The predicted molar refractivity (Wildman–Crippen MR) is 122 cm³/mol. The minimum Gasteiger partial charge on any atom is -0.350 e. The second-order valence-corrected chi connectivity index (χ2v) is 8.79. The minimum atomic E-state index is -0.750. The molecule has 0 radical (unpaired) electrons. The monoisotopic (exact) mass is 436 g/mol. The highest BCUT2D eigenvalue weighted by Crippen LogP contribution is 2.39. The molecule has 1 saturated heterocycles. The Morgan fingerprint density at radius 2 is 1.83 bits per heavy atom. The van der Waals surface area contributed by atoms with Crippen LogP contribution in [0.3, 0.4) is 0 Å². The molecule has 0 atom stereocenters. The molecule has 0 spiro atoms. The van der Waals surface area contributed by atoms with Crippen molar-refractivity contribution in [3.63, 3.8) is 0 Å². The number of nitrogens with zero attached hydrogens (tertiary/aromatic N) is 2. The van der Waals surface area contributed by atoms with Gasteiger partial charge in [0.1, 0.15) is 5.82 Å². The summed E-state index contributed by atoms with van der Waals surface area (Å²) in [4.78, 5) is 20.8. The van der Waals surface area contributed by atoms with Gasteiger partial charge >= 0.3 is 0 Å². The van der Waals surface area contributed by atoms with Crippen molar-refractivity contribution in [3.05, 3.63) is 57.9 Å². The first-order chi connectivity index (χ1) is 14.6. The first-order valence-corrected chi connectivity index (χ1v) is 12.2. The number of anilines is 1. The zero-order valence-electron chi connectivity index (χ0n) is 17.9. The first kappa shape index (κ1) is 24.2. The molecule has 2 fully saturated rings. The van der Waals surface area contributed by atoms with Gasteiger partial charge in [0.2, 0.25) is 0 Å². The molecule has 6 nitrogen and oxygen atoms in total. The van der Waals surface area contributed by atoms with Crippen LogP contribution in [0.25, 0.3) is 0 Å². The molecule has 1 aromatic heterocycles. The molecule has 2 aliphatic rings. The lowest BCUT2D eigenvalue weighted by atomic mass is 10.1. The smallest absolute Gasteiger partial charge is 0.290 e. The summed E-state index contributed by atoms with van der Waals surface area (Å²) in [5.74, 6) is 2.26. The average molecular weight is 437 g/mol. The van der Waals surface area contributed by atoms with Crippen LogP contribution in [0.1, 0.15) is 50.3 Å². The molecule has 3 N–H and O–H groups in total. The number of H-pyrrole nitrogens is 1. The fourth-order valence-corrected chi connectivity index (χ4v) is 4.11. The Labute approximate surface area is 180 Å². The van der Waals surface area contributed by atoms with Gasteiger partial charge < -0.3 is 15.6 Å². The highest BCUT2D eigenvalue weighted by atomic mass is 32.2. The number of hydrogen-bond acceptors (Lipinski definition) is 5. The van der Waals surface area contributed by atoms with E-state index in [1.54, 1.807) is 6.20 Å². The lowest BCUT2D eigenvalue weighted by molar-refractivity contribution is 0.627. The topological polar surface area (TPSA) is 92.1 Å². The molecule has 30 heavy (non-hydrogen) atoms. The van der Waals surface area contributed by atoms with E-state index in [-0.39, 0.29) is 11.4 Å². The van der Waals surface area contributed by atoms with Gasteiger partial charge in [-0.2, -0.15) is 0 Å². The summed E-state index contributed by atoms with van der Waals surface area (Å²) in [7, 11) is -0.750. The van der Waals surface area contributed by atoms with Crippen LogP contribution in [-0.2, 0) is 17.2 Å². The molecule has 166 valence electrons. The highest BCUT2D eigenvalue weighted by Gasteiger charge is 2.22. The second-order valence-electron chi connectivity index (χ2n) is 7.10. The molecule has 0 unspecified atom stereocenters. The third-order valence-electron chi connectivity index (χ3n) is 4.86. The average Bonchev–Trinajstić information content (AvgIpc) is 3.62. The summed E-state index contributed by atoms with van der Waals surface area (Å²) in [5.41, 5.74) is 7.42. The van der Waals surface area contributed by atoms with Gasteiger partial charge in [-0.3, -0.25) is 9.00 Å². The van der Waals surface area contributed by atoms with Crippen LogP contribution >= 0.6 is 0 Å². The molecule has 0 bridgehead atoms. The van der Waals surface area contributed by atoms with Crippen LogP contribution in [0.15, 0.2) is 35.3 Å². The molecule has 2 aromatic rings. The maximum absolute atomic E-state index is 12.4. The normalized spacial score (nSPS) is 16.2. The number of rotatable bonds is 5. The number of aromatic amines is 1. The fraction of sp³-hybridized carbons (Fsp3) is 0.545. The van der Waals surface area contributed by atoms with Crippen LogP contribution < -0.4 is 16.2 Å². The molecule has 4 rings (SSSR count). The minimum absolute atomic E-state index is 0.135. The number of hydrogen-bond donors (Lipinski definition) is 2. The van der Waals surface area contributed by atoms with Crippen LogP contribution in [0.4, 0.5) is 10.2 Å². The van der Waals surface area contributed by atoms with E-state index < -0.39 is 10.8 Å². The highest BCUT2D eigenvalue weighted by molar-refractivity contribution is 7.85. The SMILES string of the molecule is CC.Fc1ccc(C2CC2)cc1.NCCCc1c[nH]c(=O)c(N2CCS(=O)CC2)n1. The van der Waals surface area contributed by atoms with Gasteiger partial charge in [0.05, 0.1) is 5.69 Å².